The van der Waals surface area contributed by atoms with E-state index in [-0.39, 0.29) is 11.8 Å². The number of hydrogen-bond acceptors (Lipinski definition) is 3. The molecule has 1 aliphatic heterocycles. The minimum Gasteiger partial charge on any atom is -0.314 e. The average Bonchev–Trinajstić information content (AvgIpc) is 2.81. The predicted molar refractivity (Wildman–Crippen MR) is 87.8 cm³/mol. The predicted octanol–water partition coefficient (Wildman–Crippen LogP) is 3.17. The smallest absolute Gasteiger partial charge is 0.228 e. The van der Waals surface area contributed by atoms with Crippen LogP contribution in [0.25, 0.3) is 0 Å². The maximum Gasteiger partial charge on any atom is 0.228 e. The molecule has 1 saturated carbocycles. The first-order valence-electron chi connectivity index (χ1n) is 8.82. The van der Waals surface area contributed by atoms with E-state index in [1.807, 2.05) is 6.07 Å². The summed E-state index contributed by atoms with van der Waals surface area (Å²) in [6.07, 6.45) is 9.60. The van der Waals surface area contributed by atoms with Crippen LogP contribution >= 0.6 is 0 Å². The van der Waals surface area contributed by atoms with Crippen LogP contribution in [0.3, 0.4) is 0 Å². The van der Waals surface area contributed by atoms with Crippen LogP contribution < -0.4 is 10.6 Å². The molecule has 1 saturated heterocycles. The zero-order valence-corrected chi connectivity index (χ0v) is 13.5. The van der Waals surface area contributed by atoms with E-state index in [9.17, 15) is 4.79 Å². The molecule has 3 rings (SSSR count). The Morgan fingerprint density at radius 3 is 2.73 bits per heavy atom. The van der Waals surface area contributed by atoms with E-state index < -0.39 is 0 Å². The van der Waals surface area contributed by atoms with E-state index in [1.54, 1.807) is 0 Å². The van der Waals surface area contributed by atoms with Crippen LogP contribution in [0.5, 0.6) is 0 Å². The number of piperidine rings is 1. The van der Waals surface area contributed by atoms with Gasteiger partial charge in [-0.05, 0) is 39.2 Å². The van der Waals surface area contributed by atoms with Crippen LogP contribution in [-0.4, -0.2) is 28.7 Å². The number of aromatic nitrogens is 2. The highest BCUT2D eigenvalue weighted by Crippen LogP contribution is 2.31. The summed E-state index contributed by atoms with van der Waals surface area (Å²) < 4.78 is 0. The fourth-order valence-electron chi connectivity index (χ4n) is 3.80. The van der Waals surface area contributed by atoms with Gasteiger partial charge in [0.2, 0.25) is 5.91 Å². The highest BCUT2D eigenvalue weighted by Gasteiger charge is 2.25. The molecule has 1 aromatic heterocycles. The van der Waals surface area contributed by atoms with Crippen molar-refractivity contribution in [2.45, 2.75) is 70.3 Å². The molecule has 3 N–H and O–H groups in total. The van der Waals surface area contributed by atoms with E-state index in [0.717, 1.165) is 19.4 Å². The van der Waals surface area contributed by atoms with Crippen molar-refractivity contribution >= 4 is 11.7 Å². The van der Waals surface area contributed by atoms with Crippen LogP contribution in [0.4, 0.5) is 5.82 Å². The second kappa shape index (κ2) is 7.27. The van der Waals surface area contributed by atoms with Gasteiger partial charge in [0.25, 0.3) is 0 Å². The number of aromatic amines is 1. The first-order valence-corrected chi connectivity index (χ1v) is 8.82. The van der Waals surface area contributed by atoms with Crippen molar-refractivity contribution in [1.29, 1.82) is 0 Å². The van der Waals surface area contributed by atoms with E-state index in [0.29, 0.717) is 17.8 Å². The van der Waals surface area contributed by atoms with Gasteiger partial charge in [0, 0.05) is 29.6 Å². The number of H-pyrrole nitrogens is 1. The molecule has 0 aromatic carbocycles. The molecule has 2 heterocycles. The Bertz CT molecular complexity index is 491. The van der Waals surface area contributed by atoms with E-state index >= 15 is 0 Å². The fraction of sp³-hybridized carbons (Fsp3) is 0.765. The van der Waals surface area contributed by atoms with Gasteiger partial charge in [-0.25, -0.2) is 0 Å². The molecule has 122 valence electrons. The Labute approximate surface area is 132 Å². The number of amides is 1. The second-order valence-corrected chi connectivity index (χ2v) is 6.96. The minimum atomic E-state index is 0.106. The molecule has 22 heavy (non-hydrogen) atoms. The van der Waals surface area contributed by atoms with Gasteiger partial charge in [0.05, 0.1) is 0 Å². The van der Waals surface area contributed by atoms with Gasteiger partial charge >= 0.3 is 0 Å². The fourth-order valence-corrected chi connectivity index (χ4v) is 3.80. The molecule has 2 atom stereocenters. The van der Waals surface area contributed by atoms with Crippen molar-refractivity contribution in [2.75, 3.05) is 11.9 Å². The van der Waals surface area contributed by atoms with E-state index in [1.165, 1.54) is 44.2 Å². The number of rotatable bonds is 3. The summed E-state index contributed by atoms with van der Waals surface area (Å²) in [7, 11) is 0. The van der Waals surface area contributed by atoms with Crippen molar-refractivity contribution in [1.82, 2.24) is 15.5 Å². The Morgan fingerprint density at radius 2 is 2.00 bits per heavy atom. The summed E-state index contributed by atoms with van der Waals surface area (Å²) in [5.74, 6) is 1.50. The van der Waals surface area contributed by atoms with Crippen LogP contribution in [-0.2, 0) is 4.79 Å². The lowest BCUT2D eigenvalue weighted by Crippen LogP contribution is -2.40. The number of anilines is 1. The van der Waals surface area contributed by atoms with Gasteiger partial charge < -0.3 is 10.6 Å². The lowest BCUT2D eigenvalue weighted by molar-refractivity contribution is -0.120. The Morgan fingerprint density at radius 1 is 1.23 bits per heavy atom. The van der Waals surface area contributed by atoms with Crippen LogP contribution in [0, 0.1) is 5.92 Å². The highest BCUT2D eigenvalue weighted by atomic mass is 16.2. The van der Waals surface area contributed by atoms with Gasteiger partial charge in [-0.2, -0.15) is 5.10 Å². The minimum absolute atomic E-state index is 0.106. The zero-order chi connectivity index (χ0) is 15.4. The Hall–Kier alpha value is -1.36. The standard InChI is InChI=1S/C17H28N4O/c1-12-10-14(8-9-18-12)17(22)19-16-11-15(20-21-16)13-6-4-2-3-5-7-13/h11-14,18H,2-10H2,1H3,(H2,19,20,21,22)/t12-,14-/m0/s1. The van der Waals surface area contributed by atoms with Gasteiger partial charge in [-0.1, -0.05) is 25.7 Å². The topological polar surface area (TPSA) is 69.8 Å². The molecule has 0 bridgehead atoms. The number of nitrogens with one attached hydrogen (secondary N) is 3. The molecule has 1 aliphatic carbocycles. The molecule has 5 heteroatoms. The highest BCUT2D eigenvalue weighted by molar-refractivity contribution is 5.91. The van der Waals surface area contributed by atoms with Gasteiger partial charge in [0.1, 0.15) is 0 Å². The van der Waals surface area contributed by atoms with Crippen molar-refractivity contribution in [2.24, 2.45) is 5.92 Å². The molecule has 2 aliphatic rings. The lowest BCUT2D eigenvalue weighted by Gasteiger charge is -2.26. The molecule has 1 aromatic rings. The number of carbonyl (C=O) groups excluding carboxylic acids is 1. The molecule has 0 radical (unpaired) electrons. The summed E-state index contributed by atoms with van der Waals surface area (Å²) >= 11 is 0. The zero-order valence-electron chi connectivity index (χ0n) is 13.5. The largest absolute Gasteiger partial charge is 0.314 e. The Balaban J connectivity index is 1.57. The normalized spacial score (nSPS) is 27.3. The van der Waals surface area contributed by atoms with Crippen LogP contribution in [0.15, 0.2) is 6.07 Å². The molecule has 0 unspecified atom stereocenters. The summed E-state index contributed by atoms with van der Waals surface area (Å²) in [4.78, 5) is 12.4. The summed E-state index contributed by atoms with van der Waals surface area (Å²) in [5, 5.41) is 13.8. The maximum atomic E-state index is 12.4. The third-order valence-corrected chi connectivity index (χ3v) is 5.14. The molecule has 0 spiro atoms. The first-order chi connectivity index (χ1) is 10.7. The second-order valence-electron chi connectivity index (χ2n) is 6.96. The summed E-state index contributed by atoms with van der Waals surface area (Å²) in [5.41, 5.74) is 1.19. The quantitative estimate of drug-likeness (QED) is 0.751. The molecular formula is C17H28N4O. The van der Waals surface area contributed by atoms with Gasteiger partial charge in [-0.15, -0.1) is 0 Å². The molecule has 1 amide bonds. The van der Waals surface area contributed by atoms with Crippen molar-refractivity contribution in [3.05, 3.63) is 11.8 Å². The average molecular weight is 304 g/mol. The Kier molecular flexibility index (Phi) is 5.13. The number of nitrogens with zero attached hydrogens (tertiary/aromatic N) is 1. The van der Waals surface area contributed by atoms with Crippen molar-refractivity contribution in [3.8, 4) is 0 Å². The van der Waals surface area contributed by atoms with Crippen LogP contribution in [0.1, 0.15) is 69.9 Å². The van der Waals surface area contributed by atoms with E-state index in [4.69, 9.17) is 0 Å². The molecule has 5 nitrogen and oxygen atoms in total. The number of carbonyl (C=O) groups is 1. The third kappa shape index (κ3) is 3.88. The molecular weight excluding hydrogens is 276 g/mol. The number of hydrogen-bond donors (Lipinski definition) is 3. The first kappa shape index (κ1) is 15.5. The SMILES string of the molecule is C[C@H]1C[C@@H](C(=O)Nc2cc(C3CCCCCC3)[nH]n2)CCN1. The lowest BCUT2D eigenvalue weighted by atomic mass is 9.92. The third-order valence-electron chi connectivity index (χ3n) is 5.14. The van der Waals surface area contributed by atoms with Crippen molar-refractivity contribution < 1.29 is 4.79 Å². The van der Waals surface area contributed by atoms with Gasteiger partial charge in [-0.3, -0.25) is 9.89 Å². The summed E-state index contributed by atoms with van der Waals surface area (Å²) in [6, 6.07) is 2.46. The van der Waals surface area contributed by atoms with E-state index in [2.05, 4.69) is 27.8 Å². The summed E-state index contributed by atoms with van der Waals surface area (Å²) in [6.45, 7) is 3.06. The van der Waals surface area contributed by atoms with Crippen molar-refractivity contribution in [3.63, 3.8) is 0 Å². The van der Waals surface area contributed by atoms with Crippen LogP contribution in [0.2, 0.25) is 0 Å². The van der Waals surface area contributed by atoms with Gasteiger partial charge in [0.15, 0.2) is 5.82 Å². The monoisotopic (exact) mass is 304 g/mol. The maximum absolute atomic E-state index is 12.4. The molecule has 2 fully saturated rings.